The zero-order valence-corrected chi connectivity index (χ0v) is 20.6. The van der Waals surface area contributed by atoms with E-state index in [1.54, 1.807) is 6.92 Å². The van der Waals surface area contributed by atoms with Gasteiger partial charge in [0.25, 0.3) is 0 Å². The number of hydrogen-bond donors (Lipinski definition) is 1. The van der Waals surface area contributed by atoms with Gasteiger partial charge in [-0.05, 0) is 107 Å². The lowest BCUT2D eigenvalue weighted by molar-refractivity contribution is -0.149. The van der Waals surface area contributed by atoms with Crippen LogP contribution in [0.3, 0.4) is 0 Å². The molecule has 0 spiro atoms. The van der Waals surface area contributed by atoms with E-state index in [-0.39, 0.29) is 0 Å². The van der Waals surface area contributed by atoms with Crippen molar-refractivity contribution in [1.82, 2.24) is 0 Å². The van der Waals surface area contributed by atoms with Gasteiger partial charge in [-0.3, -0.25) is 0 Å². The number of benzene rings is 2. The summed E-state index contributed by atoms with van der Waals surface area (Å²) in [4.78, 5) is 11.2. The van der Waals surface area contributed by atoms with Crippen molar-refractivity contribution in [2.24, 2.45) is 0 Å². The SMILES string of the molecule is CCO[C@@H](Cc1ccc(OC/C=C(\C)C#Cc2cc(I)cc(I)c2)cc1)C(=O)O. The third kappa shape index (κ3) is 8.76. The molecule has 0 fully saturated rings. The number of hydrogen-bond acceptors (Lipinski definition) is 3. The highest BCUT2D eigenvalue weighted by Gasteiger charge is 2.17. The summed E-state index contributed by atoms with van der Waals surface area (Å²) < 4.78 is 13.3. The molecule has 0 heterocycles. The molecule has 0 aromatic heterocycles. The number of carbonyl (C=O) groups is 1. The van der Waals surface area contributed by atoms with Gasteiger partial charge in [0.1, 0.15) is 12.4 Å². The molecule has 2 aromatic rings. The minimum atomic E-state index is -0.950. The predicted molar refractivity (Wildman–Crippen MR) is 131 cm³/mol. The highest BCUT2D eigenvalue weighted by atomic mass is 127. The molecule has 0 aliphatic carbocycles. The zero-order chi connectivity index (χ0) is 21.2. The van der Waals surface area contributed by atoms with Gasteiger partial charge in [0.15, 0.2) is 6.10 Å². The van der Waals surface area contributed by atoms with Crippen LogP contribution in [-0.2, 0) is 16.0 Å². The van der Waals surface area contributed by atoms with Crippen LogP contribution >= 0.6 is 45.2 Å². The highest BCUT2D eigenvalue weighted by molar-refractivity contribution is 14.1. The first-order valence-electron chi connectivity index (χ1n) is 9.08. The summed E-state index contributed by atoms with van der Waals surface area (Å²) in [6.45, 7) is 4.53. The van der Waals surface area contributed by atoms with Crippen LogP contribution in [0.15, 0.2) is 54.1 Å². The second-order valence-corrected chi connectivity index (χ2v) is 8.73. The van der Waals surface area contributed by atoms with Gasteiger partial charge in [0.05, 0.1) is 0 Å². The van der Waals surface area contributed by atoms with Crippen LogP contribution < -0.4 is 4.74 Å². The third-order valence-corrected chi connectivity index (χ3v) is 5.14. The van der Waals surface area contributed by atoms with E-state index in [4.69, 9.17) is 14.6 Å². The van der Waals surface area contributed by atoms with E-state index >= 15 is 0 Å². The molecule has 6 heteroatoms. The van der Waals surface area contributed by atoms with Crippen LogP contribution in [0.5, 0.6) is 5.75 Å². The second kappa shape index (κ2) is 12.2. The standard InChI is InChI=1S/C23H22I2O4/c1-3-28-22(23(26)27)14-17-6-8-21(9-7-17)29-11-10-16(2)4-5-18-12-19(24)15-20(25)13-18/h6-10,12-13,15,22H,3,11,14H2,1-2H3,(H,26,27)/b16-10+/t22-/m0/s1. The Labute approximate surface area is 199 Å². The van der Waals surface area contributed by atoms with E-state index in [0.717, 1.165) is 22.4 Å². The van der Waals surface area contributed by atoms with Gasteiger partial charge in [-0.2, -0.15) is 0 Å². The molecular formula is C23H22I2O4. The van der Waals surface area contributed by atoms with E-state index < -0.39 is 12.1 Å². The average Bonchev–Trinajstić information content (AvgIpc) is 2.66. The highest BCUT2D eigenvalue weighted by Crippen LogP contribution is 2.15. The molecule has 2 aromatic carbocycles. The number of carboxylic acids is 1. The van der Waals surface area contributed by atoms with Crippen molar-refractivity contribution in [3.63, 3.8) is 0 Å². The van der Waals surface area contributed by atoms with Gasteiger partial charge in [-0.25, -0.2) is 4.79 Å². The van der Waals surface area contributed by atoms with Crippen LogP contribution in [0, 0.1) is 19.0 Å². The van der Waals surface area contributed by atoms with Gasteiger partial charge in [0, 0.05) is 25.7 Å². The van der Waals surface area contributed by atoms with E-state index in [2.05, 4.69) is 75.2 Å². The van der Waals surface area contributed by atoms with Crippen LogP contribution in [0.2, 0.25) is 0 Å². The summed E-state index contributed by atoms with van der Waals surface area (Å²) in [6.07, 6.45) is 1.44. The summed E-state index contributed by atoms with van der Waals surface area (Å²) in [5.74, 6) is 6.10. The largest absolute Gasteiger partial charge is 0.490 e. The molecule has 4 nitrogen and oxygen atoms in total. The van der Waals surface area contributed by atoms with Gasteiger partial charge < -0.3 is 14.6 Å². The quantitative estimate of drug-likeness (QED) is 0.323. The fourth-order valence-electron chi connectivity index (χ4n) is 2.47. The van der Waals surface area contributed by atoms with Crippen LogP contribution in [0.4, 0.5) is 0 Å². The number of halogens is 2. The van der Waals surface area contributed by atoms with Crippen molar-refractivity contribution >= 4 is 51.2 Å². The van der Waals surface area contributed by atoms with Gasteiger partial charge in [-0.15, -0.1) is 0 Å². The molecule has 0 aliphatic rings. The van der Waals surface area contributed by atoms with E-state index in [0.29, 0.717) is 19.6 Å². The van der Waals surface area contributed by atoms with Crippen LogP contribution in [-0.4, -0.2) is 30.4 Å². The second-order valence-electron chi connectivity index (χ2n) is 6.24. The lowest BCUT2D eigenvalue weighted by Gasteiger charge is -2.12. The Morgan fingerprint density at radius 1 is 1.17 bits per heavy atom. The maximum absolute atomic E-state index is 11.2. The van der Waals surface area contributed by atoms with Gasteiger partial charge in [0.2, 0.25) is 0 Å². The maximum atomic E-state index is 11.2. The molecule has 0 amide bonds. The Balaban J connectivity index is 1.89. The Bertz CT molecular complexity index is 904. The van der Waals surface area contributed by atoms with Crippen molar-refractivity contribution in [2.75, 3.05) is 13.2 Å². The van der Waals surface area contributed by atoms with Gasteiger partial charge >= 0.3 is 5.97 Å². The molecule has 0 saturated heterocycles. The number of ether oxygens (including phenoxy) is 2. The lowest BCUT2D eigenvalue weighted by Crippen LogP contribution is -2.26. The Morgan fingerprint density at radius 2 is 1.83 bits per heavy atom. The minimum Gasteiger partial charge on any atom is -0.490 e. The summed E-state index contributed by atoms with van der Waals surface area (Å²) in [7, 11) is 0. The van der Waals surface area contributed by atoms with E-state index in [1.165, 1.54) is 7.14 Å². The Kier molecular flexibility index (Phi) is 9.97. The molecule has 0 aliphatic heterocycles. The van der Waals surface area contributed by atoms with Crippen molar-refractivity contribution in [3.05, 3.63) is 72.4 Å². The first-order valence-corrected chi connectivity index (χ1v) is 11.2. The number of carboxylic acid groups (broad SMARTS) is 1. The van der Waals surface area contributed by atoms with Crippen molar-refractivity contribution in [2.45, 2.75) is 26.4 Å². The third-order valence-electron chi connectivity index (χ3n) is 3.89. The molecule has 1 N–H and O–H groups in total. The molecule has 0 saturated carbocycles. The van der Waals surface area contributed by atoms with Crippen LogP contribution in [0.25, 0.3) is 0 Å². The average molecular weight is 616 g/mol. The van der Waals surface area contributed by atoms with E-state index in [1.807, 2.05) is 37.3 Å². The first kappa shape index (κ1) is 23.7. The minimum absolute atomic E-state index is 0.329. The van der Waals surface area contributed by atoms with Crippen molar-refractivity contribution < 1.29 is 19.4 Å². The molecule has 0 unspecified atom stereocenters. The van der Waals surface area contributed by atoms with E-state index in [9.17, 15) is 4.79 Å². The molecule has 0 radical (unpaired) electrons. The zero-order valence-electron chi connectivity index (χ0n) is 16.2. The Hall–Kier alpha value is -1.57. The lowest BCUT2D eigenvalue weighted by atomic mass is 10.1. The number of allylic oxidation sites excluding steroid dienone is 1. The topological polar surface area (TPSA) is 55.8 Å². The molecule has 29 heavy (non-hydrogen) atoms. The molecule has 2 rings (SSSR count). The fourth-order valence-corrected chi connectivity index (χ4v) is 4.40. The number of aliphatic carboxylic acids is 1. The molecule has 152 valence electrons. The summed E-state index contributed by atoms with van der Waals surface area (Å²) in [6, 6.07) is 13.6. The first-order chi connectivity index (χ1) is 13.9. The molecule has 1 atom stereocenters. The van der Waals surface area contributed by atoms with Crippen molar-refractivity contribution in [1.29, 1.82) is 0 Å². The normalized spacial score (nSPS) is 12.1. The number of rotatable bonds is 8. The van der Waals surface area contributed by atoms with Crippen LogP contribution in [0.1, 0.15) is 25.0 Å². The summed E-state index contributed by atoms with van der Waals surface area (Å²) in [5.41, 5.74) is 2.83. The molecular weight excluding hydrogens is 594 g/mol. The fraction of sp³-hybridized carbons (Fsp3) is 0.261. The predicted octanol–water partition coefficient (Wildman–Crippen LogP) is 5.30. The monoisotopic (exact) mass is 616 g/mol. The smallest absolute Gasteiger partial charge is 0.333 e. The molecule has 0 bridgehead atoms. The Morgan fingerprint density at radius 3 is 2.41 bits per heavy atom. The summed E-state index contributed by atoms with van der Waals surface area (Å²) in [5, 5.41) is 9.16. The van der Waals surface area contributed by atoms with Gasteiger partial charge in [-0.1, -0.05) is 24.0 Å². The maximum Gasteiger partial charge on any atom is 0.333 e. The summed E-state index contributed by atoms with van der Waals surface area (Å²) >= 11 is 4.58. The van der Waals surface area contributed by atoms with Crippen molar-refractivity contribution in [3.8, 4) is 17.6 Å².